The van der Waals surface area contributed by atoms with Gasteiger partial charge in [-0.05, 0) is 25.9 Å². The number of nitrogens with one attached hydrogen (secondary N) is 2. The summed E-state index contributed by atoms with van der Waals surface area (Å²) in [4.78, 5) is 6.79. The van der Waals surface area contributed by atoms with Gasteiger partial charge >= 0.3 is 0 Å². The van der Waals surface area contributed by atoms with Crippen LogP contribution in [0.15, 0.2) is 11.4 Å². The van der Waals surface area contributed by atoms with Crippen molar-refractivity contribution in [2.24, 2.45) is 0 Å². The molecule has 5 nitrogen and oxygen atoms in total. The predicted octanol–water partition coefficient (Wildman–Crippen LogP) is 0.280. The molecule has 6 heteroatoms. The molecule has 2 heterocycles. The predicted molar refractivity (Wildman–Crippen MR) is 56.5 cm³/mol. The number of nitrogens with zero attached hydrogens (tertiary/aromatic N) is 1. The second-order valence-electron chi connectivity index (χ2n) is 3.94. The van der Waals surface area contributed by atoms with E-state index < -0.39 is 9.84 Å². The third-order valence-corrected chi connectivity index (χ3v) is 3.61. The number of sulfone groups is 1. The lowest BCUT2D eigenvalue weighted by molar-refractivity contribution is 0.453. The quantitative estimate of drug-likeness (QED) is 0.764. The maximum atomic E-state index is 11.2. The summed E-state index contributed by atoms with van der Waals surface area (Å²) in [5.41, 5.74) is 0.942. The molecule has 2 rings (SSSR count). The summed E-state index contributed by atoms with van der Waals surface area (Å²) < 4.78 is 22.4. The van der Waals surface area contributed by atoms with Gasteiger partial charge in [0.05, 0.1) is 0 Å². The van der Waals surface area contributed by atoms with Gasteiger partial charge in [0.1, 0.15) is 0 Å². The van der Waals surface area contributed by atoms with E-state index in [1.165, 1.54) is 0 Å². The van der Waals surface area contributed by atoms with Crippen molar-refractivity contribution in [2.45, 2.75) is 23.9 Å². The molecule has 15 heavy (non-hydrogen) atoms. The number of aromatic amines is 1. The highest BCUT2D eigenvalue weighted by Crippen LogP contribution is 2.23. The Kier molecular flexibility index (Phi) is 2.79. The zero-order chi connectivity index (χ0) is 10.9. The fourth-order valence-corrected chi connectivity index (χ4v) is 2.39. The summed E-state index contributed by atoms with van der Waals surface area (Å²) >= 11 is 0. The molecule has 1 saturated heterocycles. The summed E-state index contributed by atoms with van der Waals surface area (Å²) in [7, 11) is -3.20. The van der Waals surface area contributed by atoms with E-state index in [2.05, 4.69) is 15.3 Å². The highest BCUT2D eigenvalue weighted by molar-refractivity contribution is 7.90. The topological polar surface area (TPSA) is 74.8 Å². The van der Waals surface area contributed by atoms with Gasteiger partial charge in [0.2, 0.25) is 15.0 Å². The summed E-state index contributed by atoms with van der Waals surface area (Å²) in [5, 5.41) is 3.35. The molecule has 1 fully saturated rings. The van der Waals surface area contributed by atoms with Gasteiger partial charge in [-0.3, -0.25) is 0 Å². The second-order valence-corrected chi connectivity index (χ2v) is 5.87. The van der Waals surface area contributed by atoms with Crippen LogP contribution in [0.4, 0.5) is 0 Å². The van der Waals surface area contributed by atoms with Crippen LogP contribution in [0.1, 0.15) is 24.5 Å². The van der Waals surface area contributed by atoms with Crippen LogP contribution in [0.2, 0.25) is 0 Å². The van der Waals surface area contributed by atoms with Crippen molar-refractivity contribution in [1.82, 2.24) is 15.3 Å². The number of rotatable bonds is 2. The number of H-pyrrole nitrogens is 1. The zero-order valence-electron chi connectivity index (χ0n) is 8.66. The molecule has 0 bridgehead atoms. The molecule has 1 aromatic rings. The SMILES string of the molecule is CS(=O)(=O)c1ncc(C2CCNCC2)[nH]1. The molecule has 0 atom stereocenters. The molecule has 0 radical (unpaired) electrons. The standard InChI is InChI=1S/C9H15N3O2S/c1-15(13,14)9-11-6-8(12-9)7-2-4-10-5-3-7/h6-7,10H,2-5H2,1H3,(H,11,12). The summed E-state index contributed by atoms with van der Waals surface area (Å²) in [6.45, 7) is 1.97. The van der Waals surface area contributed by atoms with Crippen LogP contribution in [0.5, 0.6) is 0 Å². The first-order chi connectivity index (χ1) is 7.07. The maximum Gasteiger partial charge on any atom is 0.224 e. The fourth-order valence-electron chi connectivity index (χ4n) is 1.85. The van der Waals surface area contributed by atoms with Crippen molar-refractivity contribution in [3.8, 4) is 0 Å². The Balaban J connectivity index is 2.19. The van der Waals surface area contributed by atoms with Crippen LogP contribution in [0.3, 0.4) is 0 Å². The van der Waals surface area contributed by atoms with Crippen molar-refractivity contribution in [2.75, 3.05) is 19.3 Å². The van der Waals surface area contributed by atoms with E-state index in [1.54, 1.807) is 6.20 Å². The first-order valence-electron chi connectivity index (χ1n) is 5.03. The molecule has 1 aliphatic heterocycles. The van der Waals surface area contributed by atoms with Gasteiger partial charge in [0.25, 0.3) is 0 Å². The molecular formula is C9H15N3O2S. The van der Waals surface area contributed by atoms with Crippen molar-refractivity contribution in [3.63, 3.8) is 0 Å². The second kappa shape index (κ2) is 3.94. The van der Waals surface area contributed by atoms with Crippen molar-refractivity contribution >= 4 is 9.84 Å². The first-order valence-corrected chi connectivity index (χ1v) is 6.92. The van der Waals surface area contributed by atoms with E-state index in [0.717, 1.165) is 37.9 Å². The van der Waals surface area contributed by atoms with Gasteiger partial charge in [-0.1, -0.05) is 0 Å². The Morgan fingerprint density at radius 1 is 1.40 bits per heavy atom. The monoisotopic (exact) mass is 229 g/mol. The first kappa shape index (κ1) is 10.6. The van der Waals surface area contributed by atoms with Crippen LogP contribution in [0.25, 0.3) is 0 Å². The number of aromatic nitrogens is 2. The largest absolute Gasteiger partial charge is 0.332 e. The van der Waals surface area contributed by atoms with E-state index in [4.69, 9.17) is 0 Å². The smallest absolute Gasteiger partial charge is 0.224 e. The number of hydrogen-bond acceptors (Lipinski definition) is 4. The average Bonchev–Trinajstić information content (AvgIpc) is 2.67. The molecule has 0 aliphatic carbocycles. The molecule has 0 amide bonds. The average molecular weight is 229 g/mol. The molecule has 2 N–H and O–H groups in total. The molecule has 0 aromatic carbocycles. The van der Waals surface area contributed by atoms with Crippen LogP contribution in [-0.2, 0) is 9.84 Å². The lowest BCUT2D eigenvalue weighted by atomic mass is 9.95. The molecule has 0 unspecified atom stereocenters. The maximum absolute atomic E-state index is 11.2. The minimum Gasteiger partial charge on any atom is -0.332 e. The van der Waals surface area contributed by atoms with E-state index in [9.17, 15) is 8.42 Å². The minimum absolute atomic E-state index is 0.0797. The third-order valence-electron chi connectivity index (χ3n) is 2.70. The molecule has 1 aliphatic rings. The Labute approximate surface area is 89.2 Å². The van der Waals surface area contributed by atoms with Crippen LogP contribution >= 0.6 is 0 Å². The molecule has 84 valence electrons. The Bertz CT molecular complexity index is 432. The normalized spacial score (nSPS) is 19.3. The van der Waals surface area contributed by atoms with Crippen molar-refractivity contribution < 1.29 is 8.42 Å². The van der Waals surface area contributed by atoms with Gasteiger partial charge in [0.15, 0.2) is 0 Å². The highest BCUT2D eigenvalue weighted by atomic mass is 32.2. The fraction of sp³-hybridized carbons (Fsp3) is 0.667. The summed E-state index contributed by atoms with van der Waals surface area (Å²) in [5.74, 6) is 0.411. The Morgan fingerprint density at radius 2 is 2.07 bits per heavy atom. The molecule has 0 saturated carbocycles. The van der Waals surface area contributed by atoms with Crippen molar-refractivity contribution in [1.29, 1.82) is 0 Å². The van der Waals surface area contributed by atoms with Crippen LogP contribution in [-0.4, -0.2) is 37.7 Å². The van der Waals surface area contributed by atoms with E-state index in [0.29, 0.717) is 5.92 Å². The molecule has 0 spiro atoms. The van der Waals surface area contributed by atoms with E-state index >= 15 is 0 Å². The summed E-state index contributed by atoms with van der Waals surface area (Å²) in [6, 6.07) is 0. The van der Waals surface area contributed by atoms with Crippen molar-refractivity contribution in [3.05, 3.63) is 11.9 Å². The van der Waals surface area contributed by atoms with Gasteiger partial charge in [-0.15, -0.1) is 0 Å². The van der Waals surface area contributed by atoms with Gasteiger partial charge < -0.3 is 10.3 Å². The summed E-state index contributed by atoms with van der Waals surface area (Å²) in [6.07, 6.45) is 4.88. The number of imidazole rings is 1. The minimum atomic E-state index is -3.20. The van der Waals surface area contributed by atoms with E-state index in [1.807, 2.05) is 0 Å². The highest BCUT2D eigenvalue weighted by Gasteiger charge is 2.19. The third kappa shape index (κ3) is 2.38. The van der Waals surface area contributed by atoms with Crippen LogP contribution in [0, 0.1) is 0 Å². The van der Waals surface area contributed by atoms with Gasteiger partial charge in [0, 0.05) is 24.1 Å². The van der Waals surface area contributed by atoms with Gasteiger partial charge in [-0.2, -0.15) is 0 Å². The van der Waals surface area contributed by atoms with Crippen LogP contribution < -0.4 is 5.32 Å². The number of hydrogen-bond donors (Lipinski definition) is 2. The molecular weight excluding hydrogens is 214 g/mol. The Hall–Kier alpha value is -0.880. The lowest BCUT2D eigenvalue weighted by Gasteiger charge is -2.20. The van der Waals surface area contributed by atoms with Gasteiger partial charge in [-0.25, -0.2) is 13.4 Å². The Morgan fingerprint density at radius 3 is 2.60 bits per heavy atom. The van der Waals surface area contributed by atoms with E-state index in [-0.39, 0.29) is 5.16 Å². The zero-order valence-corrected chi connectivity index (χ0v) is 9.47. The number of piperidine rings is 1. The lowest BCUT2D eigenvalue weighted by Crippen LogP contribution is -2.26. The molecule has 1 aromatic heterocycles.